The number of para-hydroxylation sites is 1. The Kier molecular flexibility index (Phi) is 5.21. The van der Waals surface area contributed by atoms with Gasteiger partial charge in [0.15, 0.2) is 0 Å². The Hall–Kier alpha value is -1.78. The van der Waals surface area contributed by atoms with Gasteiger partial charge in [0.1, 0.15) is 5.75 Å². The molecule has 1 heterocycles. The molecule has 0 spiro atoms. The standard InChI is InChI=1S/C15H13ClO3S/c16-13-3-1-2-12(4-5-14(17)18)15(13)19-8-6-11-7-9-20-10-11/h1-5,7,9-10H,6,8H2,(H,17,18)/b5-4+. The van der Waals surface area contributed by atoms with E-state index in [-0.39, 0.29) is 0 Å². The number of carboxylic acid groups (broad SMARTS) is 1. The minimum atomic E-state index is -1.01. The summed E-state index contributed by atoms with van der Waals surface area (Å²) >= 11 is 7.75. The van der Waals surface area contributed by atoms with Crippen molar-refractivity contribution in [2.75, 3.05) is 6.61 Å². The second kappa shape index (κ2) is 7.12. The Balaban J connectivity index is 2.07. The molecule has 3 nitrogen and oxygen atoms in total. The summed E-state index contributed by atoms with van der Waals surface area (Å²) in [6.07, 6.45) is 3.34. The van der Waals surface area contributed by atoms with Crippen molar-refractivity contribution in [3.05, 3.63) is 57.3 Å². The van der Waals surface area contributed by atoms with Crippen LogP contribution in [0.5, 0.6) is 5.75 Å². The lowest BCUT2D eigenvalue weighted by molar-refractivity contribution is -0.131. The van der Waals surface area contributed by atoms with E-state index in [0.29, 0.717) is 22.9 Å². The molecule has 0 saturated heterocycles. The zero-order valence-electron chi connectivity index (χ0n) is 10.6. The molecular weight excluding hydrogens is 296 g/mol. The van der Waals surface area contributed by atoms with Crippen molar-refractivity contribution in [2.24, 2.45) is 0 Å². The molecule has 0 saturated carbocycles. The molecule has 0 aliphatic rings. The van der Waals surface area contributed by atoms with Gasteiger partial charge in [0.25, 0.3) is 0 Å². The van der Waals surface area contributed by atoms with Gasteiger partial charge < -0.3 is 9.84 Å². The topological polar surface area (TPSA) is 46.5 Å². The highest BCUT2D eigenvalue weighted by Gasteiger charge is 2.07. The van der Waals surface area contributed by atoms with Gasteiger partial charge >= 0.3 is 5.97 Å². The van der Waals surface area contributed by atoms with E-state index in [2.05, 4.69) is 5.38 Å². The van der Waals surface area contributed by atoms with E-state index in [4.69, 9.17) is 21.4 Å². The first-order valence-electron chi connectivity index (χ1n) is 6.00. The molecule has 5 heteroatoms. The fourth-order valence-electron chi connectivity index (χ4n) is 1.68. The molecule has 0 fully saturated rings. The summed E-state index contributed by atoms with van der Waals surface area (Å²) in [7, 11) is 0. The van der Waals surface area contributed by atoms with Crippen LogP contribution in [0.2, 0.25) is 5.02 Å². The molecule has 20 heavy (non-hydrogen) atoms. The summed E-state index contributed by atoms with van der Waals surface area (Å²) in [6.45, 7) is 0.494. The van der Waals surface area contributed by atoms with Gasteiger partial charge in [0.05, 0.1) is 11.6 Å². The predicted molar refractivity (Wildman–Crippen MR) is 81.6 cm³/mol. The fraction of sp³-hybridized carbons (Fsp3) is 0.133. The van der Waals surface area contributed by atoms with Crippen LogP contribution in [-0.2, 0) is 11.2 Å². The number of thiophene rings is 1. The van der Waals surface area contributed by atoms with Gasteiger partial charge in [-0.15, -0.1) is 0 Å². The first-order chi connectivity index (χ1) is 9.66. The zero-order valence-corrected chi connectivity index (χ0v) is 12.2. The van der Waals surface area contributed by atoms with Gasteiger partial charge in [-0.25, -0.2) is 4.79 Å². The Morgan fingerprint density at radius 3 is 2.95 bits per heavy atom. The molecule has 1 aromatic carbocycles. The van der Waals surface area contributed by atoms with E-state index in [0.717, 1.165) is 12.5 Å². The summed E-state index contributed by atoms with van der Waals surface area (Å²) in [5, 5.41) is 13.2. The van der Waals surface area contributed by atoms with E-state index in [1.165, 1.54) is 11.6 Å². The van der Waals surface area contributed by atoms with Crippen LogP contribution in [0, 0.1) is 0 Å². The highest BCUT2D eigenvalue weighted by Crippen LogP contribution is 2.29. The number of rotatable bonds is 6. The van der Waals surface area contributed by atoms with E-state index >= 15 is 0 Å². The van der Waals surface area contributed by atoms with E-state index in [9.17, 15) is 4.79 Å². The molecule has 0 bridgehead atoms. The van der Waals surface area contributed by atoms with Crippen molar-refractivity contribution in [2.45, 2.75) is 6.42 Å². The first-order valence-corrected chi connectivity index (χ1v) is 7.32. The molecule has 0 radical (unpaired) electrons. The Labute approximate surface area is 126 Å². The minimum Gasteiger partial charge on any atom is -0.491 e. The summed E-state index contributed by atoms with van der Waals surface area (Å²) in [5.74, 6) is -0.490. The maximum Gasteiger partial charge on any atom is 0.328 e. The maximum atomic E-state index is 10.6. The van der Waals surface area contributed by atoms with Gasteiger partial charge in [0, 0.05) is 18.1 Å². The van der Waals surface area contributed by atoms with Crippen molar-refractivity contribution in [1.82, 2.24) is 0 Å². The maximum absolute atomic E-state index is 10.6. The van der Waals surface area contributed by atoms with Crippen LogP contribution in [0.15, 0.2) is 41.1 Å². The van der Waals surface area contributed by atoms with Crippen LogP contribution in [-0.4, -0.2) is 17.7 Å². The highest BCUT2D eigenvalue weighted by molar-refractivity contribution is 7.07. The molecule has 1 aromatic heterocycles. The largest absolute Gasteiger partial charge is 0.491 e. The third-order valence-corrected chi connectivity index (χ3v) is 3.65. The number of halogens is 1. The summed E-state index contributed by atoms with van der Waals surface area (Å²) in [4.78, 5) is 10.6. The van der Waals surface area contributed by atoms with Crippen molar-refractivity contribution in [3.63, 3.8) is 0 Å². The van der Waals surface area contributed by atoms with Crippen molar-refractivity contribution >= 4 is 35.0 Å². The molecule has 2 aromatic rings. The lowest BCUT2D eigenvalue weighted by atomic mass is 10.2. The van der Waals surface area contributed by atoms with Crippen molar-refractivity contribution < 1.29 is 14.6 Å². The van der Waals surface area contributed by atoms with Gasteiger partial charge in [-0.1, -0.05) is 23.7 Å². The van der Waals surface area contributed by atoms with Gasteiger partial charge in [0.2, 0.25) is 0 Å². The van der Waals surface area contributed by atoms with Crippen LogP contribution in [0.1, 0.15) is 11.1 Å². The number of carbonyl (C=O) groups is 1. The van der Waals surface area contributed by atoms with E-state index in [1.54, 1.807) is 29.5 Å². The Morgan fingerprint density at radius 1 is 1.40 bits per heavy atom. The normalized spacial score (nSPS) is 10.8. The Morgan fingerprint density at radius 2 is 2.25 bits per heavy atom. The van der Waals surface area contributed by atoms with Crippen molar-refractivity contribution in [1.29, 1.82) is 0 Å². The molecule has 1 N–H and O–H groups in total. The lowest BCUT2D eigenvalue weighted by Crippen LogP contribution is -2.02. The molecule has 104 valence electrons. The molecule has 0 aliphatic heterocycles. The second-order valence-electron chi connectivity index (χ2n) is 4.06. The molecule has 0 atom stereocenters. The molecule has 0 aliphatic carbocycles. The average molecular weight is 309 g/mol. The number of hydrogen-bond acceptors (Lipinski definition) is 3. The van der Waals surface area contributed by atoms with Crippen LogP contribution in [0.3, 0.4) is 0 Å². The average Bonchev–Trinajstić information content (AvgIpc) is 2.92. The summed E-state index contributed by atoms with van der Waals surface area (Å²) in [6, 6.07) is 7.30. The summed E-state index contributed by atoms with van der Waals surface area (Å²) < 4.78 is 5.70. The molecular formula is C15H13ClO3S. The monoisotopic (exact) mass is 308 g/mol. The number of ether oxygens (including phenoxy) is 1. The van der Waals surface area contributed by atoms with Gasteiger partial charge in [-0.2, -0.15) is 11.3 Å². The number of hydrogen-bond donors (Lipinski definition) is 1. The third-order valence-electron chi connectivity index (χ3n) is 2.62. The molecule has 0 unspecified atom stereocenters. The van der Waals surface area contributed by atoms with Gasteiger partial charge in [-0.05, 0) is 34.5 Å². The zero-order chi connectivity index (χ0) is 14.4. The first kappa shape index (κ1) is 14.6. The van der Waals surface area contributed by atoms with Crippen LogP contribution < -0.4 is 4.74 Å². The minimum absolute atomic E-state index is 0.475. The fourth-order valence-corrected chi connectivity index (χ4v) is 2.62. The summed E-state index contributed by atoms with van der Waals surface area (Å²) in [5.41, 5.74) is 1.87. The number of aliphatic carboxylic acids is 1. The van der Waals surface area contributed by atoms with Crippen LogP contribution in [0.4, 0.5) is 0 Å². The third kappa shape index (κ3) is 4.11. The lowest BCUT2D eigenvalue weighted by Gasteiger charge is -2.10. The predicted octanol–water partition coefficient (Wildman–Crippen LogP) is 4.12. The molecule has 2 rings (SSSR count). The smallest absolute Gasteiger partial charge is 0.328 e. The quantitative estimate of drug-likeness (QED) is 0.816. The van der Waals surface area contributed by atoms with E-state index < -0.39 is 5.97 Å². The second-order valence-corrected chi connectivity index (χ2v) is 5.25. The van der Waals surface area contributed by atoms with E-state index in [1.807, 2.05) is 11.4 Å². The number of carboxylic acids is 1. The molecule has 0 amide bonds. The van der Waals surface area contributed by atoms with Crippen LogP contribution >= 0.6 is 22.9 Å². The van der Waals surface area contributed by atoms with Crippen LogP contribution in [0.25, 0.3) is 6.08 Å². The highest BCUT2D eigenvalue weighted by atomic mass is 35.5. The number of benzene rings is 1. The Bertz CT molecular complexity index is 606. The SMILES string of the molecule is O=C(O)/C=C/c1cccc(Cl)c1OCCc1ccsc1. The van der Waals surface area contributed by atoms with Crippen molar-refractivity contribution in [3.8, 4) is 5.75 Å². The van der Waals surface area contributed by atoms with Gasteiger partial charge in [-0.3, -0.25) is 0 Å².